The van der Waals surface area contributed by atoms with Gasteiger partial charge in [0.15, 0.2) is 8.32 Å². The van der Waals surface area contributed by atoms with Crippen molar-refractivity contribution in [2.75, 3.05) is 13.2 Å². The van der Waals surface area contributed by atoms with Gasteiger partial charge in [0.05, 0.1) is 12.6 Å². The first-order valence-corrected chi connectivity index (χ1v) is 11.7. The van der Waals surface area contributed by atoms with Gasteiger partial charge in [-0.25, -0.2) is 9.59 Å². The van der Waals surface area contributed by atoms with Crippen LogP contribution in [-0.4, -0.2) is 71.5 Å². The van der Waals surface area contributed by atoms with E-state index in [4.69, 9.17) is 4.43 Å². The van der Waals surface area contributed by atoms with Crippen LogP contribution in [0, 0.1) is 5.92 Å². The SMILES string of the molecule is CC(C)(C)[Si](C)(C)OCC1=C(C(=O)O)N2C(=O)[C@@H]3[C@H]2[C@H](C1)CN3C(=O)O. The lowest BCUT2D eigenvalue weighted by Gasteiger charge is -2.49. The summed E-state index contributed by atoms with van der Waals surface area (Å²) in [6.45, 7) is 10.9. The minimum absolute atomic E-state index is 0.0146. The van der Waals surface area contributed by atoms with Crippen LogP contribution in [0.15, 0.2) is 11.3 Å². The zero-order valence-electron chi connectivity index (χ0n) is 15.8. The number of nitrogens with zero attached hydrogens (tertiary/aromatic N) is 2. The summed E-state index contributed by atoms with van der Waals surface area (Å²) in [5.41, 5.74) is 0.570. The Balaban J connectivity index is 1.88. The van der Waals surface area contributed by atoms with Crippen LogP contribution >= 0.6 is 0 Å². The van der Waals surface area contributed by atoms with E-state index in [-0.39, 0.29) is 35.8 Å². The number of hydrogen-bond acceptors (Lipinski definition) is 4. The first-order valence-electron chi connectivity index (χ1n) is 8.78. The molecule has 26 heavy (non-hydrogen) atoms. The van der Waals surface area contributed by atoms with Crippen LogP contribution in [0.1, 0.15) is 27.2 Å². The largest absolute Gasteiger partial charge is 0.477 e. The Morgan fingerprint density at radius 3 is 2.38 bits per heavy atom. The number of amides is 2. The van der Waals surface area contributed by atoms with Crippen LogP contribution in [0.5, 0.6) is 0 Å². The van der Waals surface area contributed by atoms with Crippen molar-refractivity contribution in [3.63, 3.8) is 0 Å². The average Bonchev–Trinajstić information content (AvgIpc) is 2.87. The molecule has 9 heteroatoms. The molecule has 0 spiro atoms. The standard InChI is InChI=1S/C17H26N2O6Si/c1-17(2,3)26(4,5)25-8-10-6-9-7-18(16(23)24)13-11(9)19(14(13)20)12(10)15(21)22/h9,11,13H,6-8H2,1-5H3,(H,21,22)(H,23,24)/t9-,11-,13+/m1/s1. The summed E-state index contributed by atoms with van der Waals surface area (Å²) in [5.74, 6) is -1.67. The summed E-state index contributed by atoms with van der Waals surface area (Å²) in [6.07, 6.45) is -0.682. The van der Waals surface area contributed by atoms with Gasteiger partial charge in [-0.3, -0.25) is 14.6 Å². The summed E-state index contributed by atoms with van der Waals surface area (Å²) in [7, 11) is -2.08. The van der Waals surface area contributed by atoms with E-state index in [1.54, 1.807) is 0 Å². The second-order valence-electron chi connectivity index (χ2n) is 8.85. The third kappa shape index (κ3) is 2.64. The Labute approximate surface area is 153 Å². The lowest BCUT2D eigenvalue weighted by molar-refractivity contribution is -0.156. The molecule has 3 aliphatic heterocycles. The molecule has 3 atom stereocenters. The van der Waals surface area contributed by atoms with Gasteiger partial charge in [0.1, 0.15) is 11.7 Å². The van der Waals surface area contributed by atoms with Crippen LogP contribution < -0.4 is 0 Å². The van der Waals surface area contributed by atoms with Gasteiger partial charge >= 0.3 is 12.1 Å². The van der Waals surface area contributed by atoms with E-state index >= 15 is 0 Å². The molecule has 3 rings (SSSR count). The summed E-state index contributed by atoms with van der Waals surface area (Å²) >= 11 is 0. The highest BCUT2D eigenvalue weighted by molar-refractivity contribution is 6.74. The van der Waals surface area contributed by atoms with E-state index in [9.17, 15) is 24.6 Å². The van der Waals surface area contributed by atoms with Crippen LogP contribution in [-0.2, 0) is 14.0 Å². The first kappa shape index (κ1) is 18.9. The number of likely N-dealkylation sites (tertiary alicyclic amines) is 1. The van der Waals surface area contributed by atoms with Gasteiger partial charge in [0, 0.05) is 12.5 Å². The van der Waals surface area contributed by atoms with E-state index < -0.39 is 32.3 Å². The van der Waals surface area contributed by atoms with E-state index in [2.05, 4.69) is 33.9 Å². The molecule has 2 saturated heterocycles. The molecular formula is C17H26N2O6Si. The Kier molecular flexibility index (Phi) is 4.23. The van der Waals surface area contributed by atoms with Crippen molar-refractivity contribution >= 4 is 26.3 Å². The Morgan fingerprint density at radius 2 is 1.88 bits per heavy atom. The van der Waals surface area contributed by atoms with Gasteiger partial charge in [-0.1, -0.05) is 20.8 Å². The molecule has 0 aliphatic carbocycles. The zero-order valence-corrected chi connectivity index (χ0v) is 16.8. The maximum atomic E-state index is 12.5. The number of hydrogen-bond donors (Lipinski definition) is 2. The molecule has 8 nitrogen and oxygen atoms in total. The number of carboxylic acids is 1. The molecule has 0 saturated carbocycles. The lowest BCUT2D eigenvalue weighted by atomic mass is 9.79. The monoisotopic (exact) mass is 382 g/mol. The van der Waals surface area contributed by atoms with Gasteiger partial charge in [-0.15, -0.1) is 0 Å². The number of carbonyl (C=O) groups excluding carboxylic acids is 1. The number of rotatable bonds is 4. The number of carbonyl (C=O) groups is 3. The lowest BCUT2D eigenvalue weighted by Crippen LogP contribution is -2.69. The van der Waals surface area contributed by atoms with Crippen molar-refractivity contribution < 1.29 is 29.0 Å². The fourth-order valence-corrected chi connectivity index (χ4v) is 4.81. The Morgan fingerprint density at radius 1 is 1.27 bits per heavy atom. The van der Waals surface area contributed by atoms with Crippen LogP contribution in [0.2, 0.25) is 18.1 Å². The maximum Gasteiger partial charge on any atom is 0.408 e. The summed E-state index contributed by atoms with van der Waals surface area (Å²) in [6, 6.07) is -1.10. The van der Waals surface area contributed by atoms with Crippen LogP contribution in [0.4, 0.5) is 4.79 Å². The fourth-order valence-electron chi connectivity index (χ4n) is 3.85. The first-order chi connectivity index (χ1) is 11.9. The van der Waals surface area contributed by atoms with Crippen LogP contribution in [0.25, 0.3) is 0 Å². The molecule has 2 fully saturated rings. The van der Waals surface area contributed by atoms with Crippen molar-refractivity contribution in [2.24, 2.45) is 5.92 Å². The number of aliphatic carboxylic acids is 1. The topological polar surface area (TPSA) is 107 Å². The molecule has 2 N–H and O–H groups in total. The van der Waals surface area contributed by atoms with Crippen molar-refractivity contribution in [1.29, 1.82) is 0 Å². The highest BCUT2D eigenvalue weighted by Gasteiger charge is 2.64. The third-order valence-electron chi connectivity index (χ3n) is 6.31. The summed E-state index contributed by atoms with van der Waals surface area (Å²) in [5, 5.41) is 19.0. The second kappa shape index (κ2) is 5.82. The van der Waals surface area contributed by atoms with Gasteiger partial charge in [-0.05, 0) is 30.1 Å². The predicted molar refractivity (Wildman–Crippen MR) is 95.1 cm³/mol. The highest BCUT2D eigenvalue weighted by Crippen LogP contribution is 2.47. The fraction of sp³-hybridized carbons (Fsp3) is 0.706. The van der Waals surface area contributed by atoms with E-state index in [1.807, 2.05) is 0 Å². The van der Waals surface area contributed by atoms with Gasteiger partial charge in [0.2, 0.25) is 0 Å². The molecule has 3 heterocycles. The Hall–Kier alpha value is -1.87. The smallest absolute Gasteiger partial charge is 0.408 e. The van der Waals surface area contributed by atoms with Crippen molar-refractivity contribution in [2.45, 2.75) is 57.4 Å². The highest BCUT2D eigenvalue weighted by atomic mass is 28.4. The molecule has 0 unspecified atom stereocenters. The predicted octanol–water partition coefficient (Wildman–Crippen LogP) is 1.94. The van der Waals surface area contributed by atoms with Gasteiger partial charge < -0.3 is 14.6 Å². The van der Waals surface area contributed by atoms with Crippen molar-refractivity contribution in [1.82, 2.24) is 9.80 Å². The molecular weight excluding hydrogens is 356 g/mol. The minimum atomic E-state index is -2.08. The summed E-state index contributed by atoms with van der Waals surface area (Å²) in [4.78, 5) is 38.2. The number of β-lactam (4-membered cyclic amide) rings is 1. The van der Waals surface area contributed by atoms with Crippen molar-refractivity contribution in [3.05, 3.63) is 11.3 Å². The number of carboxylic acid groups (broad SMARTS) is 2. The van der Waals surface area contributed by atoms with Crippen molar-refractivity contribution in [3.8, 4) is 0 Å². The van der Waals surface area contributed by atoms with Gasteiger partial charge in [0.25, 0.3) is 5.91 Å². The molecule has 144 valence electrons. The Bertz CT molecular complexity index is 711. The molecule has 0 aromatic rings. The minimum Gasteiger partial charge on any atom is -0.477 e. The third-order valence-corrected chi connectivity index (χ3v) is 10.8. The van der Waals surface area contributed by atoms with Crippen LogP contribution in [0.3, 0.4) is 0 Å². The molecule has 2 amide bonds. The normalized spacial score (nSPS) is 28.2. The van der Waals surface area contributed by atoms with Gasteiger partial charge in [-0.2, -0.15) is 0 Å². The molecule has 3 aliphatic rings. The zero-order chi connectivity index (χ0) is 19.6. The molecule has 0 aromatic heterocycles. The molecule has 0 radical (unpaired) electrons. The quantitative estimate of drug-likeness (QED) is 0.568. The van der Waals surface area contributed by atoms with E-state index in [0.717, 1.165) is 4.90 Å². The van der Waals surface area contributed by atoms with E-state index in [0.29, 0.717) is 12.0 Å². The average molecular weight is 382 g/mol. The second-order valence-corrected chi connectivity index (χ2v) is 13.7. The maximum absolute atomic E-state index is 12.5. The molecule has 0 aromatic carbocycles. The summed E-state index contributed by atoms with van der Waals surface area (Å²) < 4.78 is 6.19. The molecule has 0 bridgehead atoms. The van der Waals surface area contributed by atoms with E-state index in [1.165, 1.54) is 4.90 Å².